The number of nitrogens with zero attached hydrogens (tertiary/aromatic N) is 4. The van der Waals surface area contributed by atoms with Gasteiger partial charge in [-0.25, -0.2) is 15.4 Å². The SMILES string of the molecule is CN(CCNC(=S)Nc1ccc(Cl)cc1)CCNc1cc(N2CCN2)ncn1. The molecule has 2 heterocycles. The number of benzene rings is 1. The first kappa shape index (κ1) is 20.5. The molecule has 1 saturated heterocycles. The van der Waals surface area contributed by atoms with Crippen LogP contribution < -0.4 is 26.4 Å². The van der Waals surface area contributed by atoms with Gasteiger partial charge in [-0.3, -0.25) is 5.01 Å². The number of anilines is 3. The van der Waals surface area contributed by atoms with Crippen molar-refractivity contribution < 1.29 is 0 Å². The number of hydrazine groups is 1. The van der Waals surface area contributed by atoms with Crippen molar-refractivity contribution in [1.29, 1.82) is 0 Å². The van der Waals surface area contributed by atoms with E-state index in [0.29, 0.717) is 10.1 Å². The molecule has 28 heavy (non-hydrogen) atoms. The smallest absolute Gasteiger partial charge is 0.170 e. The van der Waals surface area contributed by atoms with Gasteiger partial charge in [-0.15, -0.1) is 0 Å². The van der Waals surface area contributed by atoms with Gasteiger partial charge >= 0.3 is 0 Å². The zero-order valence-electron chi connectivity index (χ0n) is 15.8. The van der Waals surface area contributed by atoms with Crippen LogP contribution in [-0.2, 0) is 0 Å². The van der Waals surface area contributed by atoms with Crippen LogP contribution in [-0.4, -0.2) is 66.3 Å². The van der Waals surface area contributed by atoms with Gasteiger partial charge in [0.2, 0.25) is 0 Å². The van der Waals surface area contributed by atoms with Crippen molar-refractivity contribution in [2.24, 2.45) is 0 Å². The van der Waals surface area contributed by atoms with Crippen molar-refractivity contribution in [3.8, 4) is 0 Å². The summed E-state index contributed by atoms with van der Waals surface area (Å²) < 4.78 is 0. The van der Waals surface area contributed by atoms with Crippen LogP contribution in [0.1, 0.15) is 0 Å². The average molecular weight is 421 g/mol. The molecule has 0 radical (unpaired) electrons. The maximum absolute atomic E-state index is 5.88. The Morgan fingerprint density at radius 2 is 2.00 bits per heavy atom. The number of thiocarbonyl (C=S) groups is 1. The van der Waals surface area contributed by atoms with E-state index in [4.69, 9.17) is 23.8 Å². The van der Waals surface area contributed by atoms with Gasteiger partial charge in [0.25, 0.3) is 0 Å². The summed E-state index contributed by atoms with van der Waals surface area (Å²) in [6.45, 7) is 5.28. The summed E-state index contributed by atoms with van der Waals surface area (Å²) in [4.78, 5) is 10.8. The van der Waals surface area contributed by atoms with Gasteiger partial charge in [-0.2, -0.15) is 0 Å². The summed E-state index contributed by atoms with van der Waals surface area (Å²) in [5, 5.41) is 13.0. The Labute approximate surface area is 175 Å². The molecule has 0 aliphatic carbocycles. The van der Waals surface area contributed by atoms with Gasteiger partial charge in [0.15, 0.2) is 5.11 Å². The van der Waals surface area contributed by atoms with Gasteiger partial charge in [0.1, 0.15) is 18.0 Å². The standard InChI is InChI=1S/C18H25ClN8S/c1-26(10-7-21-18(28)25-15-4-2-14(19)3-5-15)9-6-20-16-12-17(23-13-22-16)27-11-8-24-27/h2-5,12-13,24H,6-11H2,1H3,(H,20,22,23)(H2,21,25,28). The largest absolute Gasteiger partial charge is 0.369 e. The van der Waals surface area contributed by atoms with Gasteiger partial charge in [0, 0.05) is 49.5 Å². The van der Waals surface area contributed by atoms with Crippen LogP contribution in [0, 0.1) is 0 Å². The van der Waals surface area contributed by atoms with Gasteiger partial charge in [0.05, 0.1) is 6.54 Å². The number of hydrogen-bond acceptors (Lipinski definition) is 7. The van der Waals surface area contributed by atoms with E-state index in [1.807, 2.05) is 35.3 Å². The number of nitrogens with one attached hydrogen (secondary N) is 4. The van der Waals surface area contributed by atoms with Crippen molar-refractivity contribution in [2.45, 2.75) is 0 Å². The Balaban J connectivity index is 1.29. The summed E-state index contributed by atoms with van der Waals surface area (Å²) in [5.74, 6) is 1.72. The monoisotopic (exact) mass is 420 g/mol. The molecule has 4 N–H and O–H groups in total. The number of halogens is 1. The minimum atomic E-state index is 0.599. The highest BCUT2D eigenvalue weighted by Gasteiger charge is 2.15. The number of hydrogen-bond donors (Lipinski definition) is 4. The van der Waals surface area contributed by atoms with Gasteiger partial charge < -0.3 is 20.9 Å². The predicted molar refractivity (Wildman–Crippen MR) is 119 cm³/mol. The summed E-state index contributed by atoms with van der Waals surface area (Å²) in [6, 6.07) is 9.39. The Hall–Kier alpha value is -2.20. The van der Waals surface area contributed by atoms with E-state index in [0.717, 1.165) is 56.6 Å². The number of likely N-dealkylation sites (N-methyl/N-ethyl adjacent to an activating group) is 1. The van der Waals surface area contributed by atoms with Gasteiger partial charge in [-0.05, 0) is 43.5 Å². The molecule has 1 fully saturated rings. The Morgan fingerprint density at radius 3 is 2.71 bits per heavy atom. The first-order valence-corrected chi connectivity index (χ1v) is 9.95. The van der Waals surface area contributed by atoms with E-state index in [9.17, 15) is 0 Å². The molecule has 10 heteroatoms. The molecule has 150 valence electrons. The molecule has 1 aliphatic heterocycles. The predicted octanol–water partition coefficient (Wildman–Crippen LogP) is 1.78. The van der Waals surface area contributed by atoms with E-state index in [1.54, 1.807) is 6.33 Å². The van der Waals surface area contributed by atoms with E-state index in [2.05, 4.69) is 43.3 Å². The van der Waals surface area contributed by atoms with Crippen molar-refractivity contribution in [1.82, 2.24) is 25.6 Å². The fourth-order valence-corrected chi connectivity index (χ4v) is 2.91. The number of aromatic nitrogens is 2. The molecular formula is C18H25ClN8S. The maximum atomic E-state index is 5.88. The lowest BCUT2D eigenvalue weighted by Crippen LogP contribution is -2.54. The average Bonchev–Trinajstić information content (AvgIpc) is 2.63. The summed E-state index contributed by atoms with van der Waals surface area (Å²) in [6.07, 6.45) is 1.58. The molecule has 2 aromatic rings. The fourth-order valence-electron chi connectivity index (χ4n) is 2.57. The molecule has 8 nitrogen and oxygen atoms in total. The quantitative estimate of drug-likeness (QED) is 0.454. The van der Waals surface area contributed by atoms with E-state index in [1.165, 1.54) is 0 Å². The topological polar surface area (TPSA) is 80.4 Å². The van der Waals surface area contributed by atoms with Crippen LogP contribution >= 0.6 is 23.8 Å². The van der Waals surface area contributed by atoms with E-state index >= 15 is 0 Å². The lowest BCUT2D eigenvalue weighted by atomic mass is 10.3. The molecule has 0 spiro atoms. The van der Waals surface area contributed by atoms with Crippen LogP contribution in [0.3, 0.4) is 0 Å². The minimum absolute atomic E-state index is 0.599. The molecule has 0 bridgehead atoms. The van der Waals surface area contributed by atoms with Crippen molar-refractivity contribution in [2.75, 3.05) is 62.0 Å². The third-order valence-electron chi connectivity index (χ3n) is 4.25. The van der Waals surface area contributed by atoms with Crippen LogP contribution in [0.4, 0.5) is 17.3 Å². The minimum Gasteiger partial charge on any atom is -0.369 e. The second-order valence-electron chi connectivity index (χ2n) is 6.44. The second-order valence-corrected chi connectivity index (χ2v) is 7.28. The van der Waals surface area contributed by atoms with Crippen LogP contribution in [0.2, 0.25) is 5.02 Å². The lowest BCUT2D eigenvalue weighted by molar-refractivity contribution is 0.352. The first-order chi connectivity index (χ1) is 13.6. The van der Waals surface area contributed by atoms with Gasteiger partial charge in [-0.1, -0.05) is 11.6 Å². The molecule has 1 aliphatic rings. The molecule has 0 atom stereocenters. The Kier molecular flexibility index (Phi) is 7.61. The van der Waals surface area contributed by atoms with E-state index in [-0.39, 0.29) is 0 Å². The Bertz CT molecular complexity index is 768. The normalized spacial score (nSPS) is 13.2. The molecule has 0 unspecified atom stereocenters. The highest BCUT2D eigenvalue weighted by Crippen LogP contribution is 2.14. The molecular weight excluding hydrogens is 396 g/mol. The zero-order chi connectivity index (χ0) is 19.8. The van der Waals surface area contributed by atoms with Crippen LogP contribution in [0.25, 0.3) is 0 Å². The van der Waals surface area contributed by atoms with Crippen molar-refractivity contribution >= 4 is 46.3 Å². The maximum Gasteiger partial charge on any atom is 0.170 e. The van der Waals surface area contributed by atoms with Crippen LogP contribution in [0.15, 0.2) is 36.7 Å². The molecule has 3 rings (SSSR count). The third-order valence-corrected chi connectivity index (χ3v) is 4.75. The lowest BCUT2D eigenvalue weighted by Gasteiger charge is -2.32. The van der Waals surface area contributed by atoms with Crippen molar-refractivity contribution in [3.05, 3.63) is 41.7 Å². The number of rotatable bonds is 9. The third kappa shape index (κ3) is 6.45. The van der Waals surface area contributed by atoms with E-state index < -0.39 is 0 Å². The van der Waals surface area contributed by atoms with Crippen molar-refractivity contribution in [3.63, 3.8) is 0 Å². The summed E-state index contributed by atoms with van der Waals surface area (Å²) in [5.41, 5.74) is 4.11. The fraction of sp³-hybridized carbons (Fsp3) is 0.389. The first-order valence-electron chi connectivity index (χ1n) is 9.16. The van der Waals surface area contributed by atoms with Crippen LogP contribution in [0.5, 0.6) is 0 Å². The Morgan fingerprint density at radius 1 is 1.25 bits per heavy atom. The molecule has 0 amide bonds. The highest BCUT2D eigenvalue weighted by atomic mass is 35.5. The summed E-state index contributed by atoms with van der Waals surface area (Å²) >= 11 is 11.2. The summed E-state index contributed by atoms with van der Waals surface area (Å²) in [7, 11) is 2.08. The molecule has 1 aromatic carbocycles. The molecule has 1 aromatic heterocycles. The molecule has 0 saturated carbocycles. The zero-order valence-corrected chi connectivity index (χ0v) is 17.4. The second kappa shape index (κ2) is 10.4. The highest BCUT2D eigenvalue weighted by molar-refractivity contribution is 7.80.